The lowest BCUT2D eigenvalue weighted by Crippen LogP contribution is -2.32. The van der Waals surface area contributed by atoms with Crippen molar-refractivity contribution in [3.63, 3.8) is 0 Å². The van der Waals surface area contributed by atoms with Crippen molar-refractivity contribution in [3.05, 3.63) is 58.6 Å². The molecule has 0 spiro atoms. The van der Waals surface area contributed by atoms with Gasteiger partial charge in [0.15, 0.2) is 0 Å². The van der Waals surface area contributed by atoms with E-state index in [0.29, 0.717) is 29.4 Å². The first-order valence-electron chi connectivity index (χ1n) is 8.01. The van der Waals surface area contributed by atoms with Gasteiger partial charge in [-0.2, -0.15) is 0 Å². The Morgan fingerprint density at radius 2 is 2.00 bits per heavy atom. The van der Waals surface area contributed by atoms with Crippen LogP contribution in [-0.4, -0.2) is 26.6 Å². The van der Waals surface area contributed by atoms with Crippen LogP contribution in [0.3, 0.4) is 0 Å². The molecule has 0 saturated heterocycles. The zero-order valence-electron chi connectivity index (χ0n) is 13.8. The van der Waals surface area contributed by atoms with Crippen molar-refractivity contribution >= 4 is 38.9 Å². The normalized spacial score (nSPS) is 13.6. The summed E-state index contributed by atoms with van der Waals surface area (Å²) in [6.07, 6.45) is 0.593. The van der Waals surface area contributed by atoms with Crippen molar-refractivity contribution in [1.82, 2.24) is 0 Å². The molecule has 1 aliphatic rings. The number of hydrogen-bond acceptors (Lipinski definition) is 3. The van der Waals surface area contributed by atoms with Gasteiger partial charge in [-0.25, -0.2) is 8.42 Å². The first-order valence-corrected chi connectivity index (χ1v) is 10.00. The fourth-order valence-corrected chi connectivity index (χ4v) is 4.51. The summed E-state index contributed by atoms with van der Waals surface area (Å²) in [6, 6.07) is 12.6. The number of carbonyl (C=O) groups is 1. The van der Waals surface area contributed by atoms with Crippen LogP contribution in [0.25, 0.3) is 0 Å². The molecule has 2 aromatic carbocycles. The van der Waals surface area contributed by atoms with Gasteiger partial charge in [-0.3, -0.25) is 9.10 Å². The quantitative estimate of drug-likeness (QED) is 0.867. The van der Waals surface area contributed by atoms with Crippen molar-refractivity contribution in [2.24, 2.45) is 0 Å². The van der Waals surface area contributed by atoms with Gasteiger partial charge in [-0.05, 0) is 42.7 Å². The topological polar surface area (TPSA) is 66.5 Å². The van der Waals surface area contributed by atoms with Crippen LogP contribution in [0.4, 0.5) is 11.4 Å². The summed E-state index contributed by atoms with van der Waals surface area (Å²) in [6.45, 7) is 2.30. The van der Waals surface area contributed by atoms with Gasteiger partial charge in [0.2, 0.25) is 15.9 Å². The first kappa shape index (κ1) is 17.8. The maximum atomic E-state index is 12.6. The van der Waals surface area contributed by atoms with Crippen molar-refractivity contribution in [2.45, 2.75) is 19.8 Å². The molecule has 7 heteroatoms. The molecule has 1 N–H and O–H groups in total. The fourth-order valence-electron chi connectivity index (χ4n) is 2.82. The second-order valence-corrected chi connectivity index (χ2v) is 8.45. The highest BCUT2D eigenvalue weighted by Crippen LogP contribution is 2.30. The van der Waals surface area contributed by atoms with Crippen molar-refractivity contribution in [3.8, 4) is 0 Å². The molecule has 0 atom stereocenters. The van der Waals surface area contributed by atoms with Crippen molar-refractivity contribution in [2.75, 3.05) is 21.9 Å². The highest BCUT2D eigenvalue weighted by molar-refractivity contribution is 7.92. The van der Waals surface area contributed by atoms with Crippen LogP contribution in [0.5, 0.6) is 0 Å². The number of nitrogens with zero attached hydrogens (tertiary/aromatic N) is 1. The van der Waals surface area contributed by atoms with Gasteiger partial charge >= 0.3 is 0 Å². The zero-order chi connectivity index (χ0) is 18.0. The standard InChI is InChI=1S/C18H19ClN2O3S/c1-13-6-7-15(12-16(13)19)20-18(22)9-11-25(23,24)21-10-8-14-4-2-3-5-17(14)21/h2-7,12H,8-11H2,1H3,(H,20,22). The van der Waals surface area contributed by atoms with Gasteiger partial charge in [0.25, 0.3) is 0 Å². The summed E-state index contributed by atoms with van der Waals surface area (Å²) in [7, 11) is -3.53. The Hall–Kier alpha value is -2.05. The van der Waals surface area contributed by atoms with E-state index in [1.54, 1.807) is 24.3 Å². The predicted octanol–water partition coefficient (Wildman–Crippen LogP) is 3.37. The number of amides is 1. The lowest BCUT2D eigenvalue weighted by molar-refractivity contribution is -0.115. The smallest absolute Gasteiger partial charge is 0.235 e. The maximum Gasteiger partial charge on any atom is 0.235 e. The lowest BCUT2D eigenvalue weighted by atomic mass is 10.2. The molecule has 1 amide bonds. The summed E-state index contributed by atoms with van der Waals surface area (Å²) in [5, 5.41) is 3.24. The van der Waals surface area contributed by atoms with Gasteiger partial charge in [0, 0.05) is 23.7 Å². The molecule has 0 unspecified atom stereocenters. The summed E-state index contributed by atoms with van der Waals surface area (Å²) < 4.78 is 26.6. The van der Waals surface area contributed by atoms with E-state index in [1.807, 2.05) is 25.1 Å². The van der Waals surface area contributed by atoms with Crippen LogP contribution in [0, 0.1) is 6.92 Å². The molecule has 0 bridgehead atoms. The number of sulfonamides is 1. The summed E-state index contributed by atoms with van der Waals surface area (Å²) >= 11 is 6.03. The van der Waals surface area contributed by atoms with Gasteiger partial charge in [-0.15, -0.1) is 0 Å². The molecule has 1 heterocycles. The number of nitrogens with one attached hydrogen (secondary N) is 1. The third-order valence-electron chi connectivity index (χ3n) is 4.22. The first-order chi connectivity index (χ1) is 11.9. The number of carbonyl (C=O) groups excluding carboxylic acids is 1. The number of halogens is 1. The van der Waals surface area contributed by atoms with E-state index in [1.165, 1.54) is 4.31 Å². The Bertz CT molecular complexity index is 912. The Morgan fingerprint density at radius 3 is 2.76 bits per heavy atom. The molecule has 0 fully saturated rings. The molecule has 1 aliphatic heterocycles. The Labute approximate surface area is 152 Å². The van der Waals surface area contributed by atoms with Crippen LogP contribution >= 0.6 is 11.6 Å². The van der Waals surface area contributed by atoms with Gasteiger partial charge < -0.3 is 5.32 Å². The molecular weight excluding hydrogens is 360 g/mol. The van der Waals surface area contributed by atoms with Crippen molar-refractivity contribution in [1.29, 1.82) is 0 Å². The Morgan fingerprint density at radius 1 is 1.24 bits per heavy atom. The molecule has 0 saturated carbocycles. The molecule has 3 rings (SSSR count). The third-order valence-corrected chi connectivity index (χ3v) is 6.40. The average molecular weight is 379 g/mol. The van der Waals surface area contributed by atoms with Crippen LogP contribution in [-0.2, 0) is 21.2 Å². The minimum Gasteiger partial charge on any atom is -0.326 e. The van der Waals surface area contributed by atoms with E-state index in [0.717, 1.165) is 11.1 Å². The second-order valence-electron chi connectivity index (χ2n) is 6.03. The number of fused-ring (bicyclic) bond motifs is 1. The lowest BCUT2D eigenvalue weighted by Gasteiger charge is -2.19. The van der Waals surface area contributed by atoms with E-state index < -0.39 is 10.0 Å². The molecule has 25 heavy (non-hydrogen) atoms. The number of anilines is 2. The minimum atomic E-state index is -3.53. The van der Waals surface area contributed by atoms with E-state index in [9.17, 15) is 13.2 Å². The Kier molecular flexibility index (Phi) is 5.01. The maximum absolute atomic E-state index is 12.6. The molecule has 132 valence electrons. The third kappa shape index (κ3) is 3.96. The van der Waals surface area contributed by atoms with E-state index in [2.05, 4.69) is 5.32 Å². The van der Waals surface area contributed by atoms with Gasteiger partial charge in [0.1, 0.15) is 0 Å². The SMILES string of the molecule is Cc1ccc(NC(=O)CCS(=O)(=O)N2CCc3ccccc32)cc1Cl. The number of para-hydroxylation sites is 1. The van der Waals surface area contributed by atoms with Crippen LogP contribution in [0.1, 0.15) is 17.5 Å². The number of aryl methyl sites for hydroxylation is 1. The highest BCUT2D eigenvalue weighted by atomic mass is 35.5. The highest BCUT2D eigenvalue weighted by Gasteiger charge is 2.29. The van der Waals surface area contributed by atoms with Crippen molar-refractivity contribution < 1.29 is 13.2 Å². The molecule has 2 aromatic rings. The summed E-state index contributed by atoms with van der Waals surface area (Å²) in [4.78, 5) is 12.1. The predicted molar refractivity (Wildman–Crippen MR) is 101 cm³/mol. The summed E-state index contributed by atoms with van der Waals surface area (Å²) in [5.74, 6) is -0.580. The second kappa shape index (κ2) is 7.06. The number of hydrogen-bond donors (Lipinski definition) is 1. The van der Waals surface area contributed by atoms with Crippen LogP contribution < -0.4 is 9.62 Å². The van der Waals surface area contributed by atoms with Gasteiger partial charge in [-0.1, -0.05) is 35.9 Å². The zero-order valence-corrected chi connectivity index (χ0v) is 15.4. The number of benzene rings is 2. The fraction of sp³-hybridized carbons (Fsp3) is 0.278. The van der Waals surface area contributed by atoms with E-state index in [-0.39, 0.29) is 18.1 Å². The molecule has 0 radical (unpaired) electrons. The average Bonchev–Trinajstić information content (AvgIpc) is 3.01. The minimum absolute atomic E-state index is 0.105. The molecule has 0 aliphatic carbocycles. The largest absolute Gasteiger partial charge is 0.326 e. The monoisotopic (exact) mass is 378 g/mol. The van der Waals surface area contributed by atoms with E-state index >= 15 is 0 Å². The van der Waals surface area contributed by atoms with Gasteiger partial charge in [0.05, 0.1) is 11.4 Å². The van der Waals surface area contributed by atoms with E-state index in [4.69, 9.17) is 11.6 Å². The summed E-state index contributed by atoms with van der Waals surface area (Å²) in [5.41, 5.74) is 3.21. The molecular formula is C18H19ClN2O3S. The van der Waals surface area contributed by atoms with Crippen LogP contribution in [0.2, 0.25) is 5.02 Å². The number of rotatable bonds is 5. The molecule has 0 aromatic heterocycles. The van der Waals surface area contributed by atoms with Crippen LogP contribution in [0.15, 0.2) is 42.5 Å². The molecule has 5 nitrogen and oxygen atoms in total. The Balaban J connectivity index is 1.62.